The van der Waals surface area contributed by atoms with Crippen molar-refractivity contribution < 1.29 is 4.74 Å². The molecule has 2 atom stereocenters. The number of ether oxygens (including phenoxy) is 1. The van der Waals surface area contributed by atoms with E-state index in [1.165, 1.54) is 6.33 Å². The van der Waals surface area contributed by atoms with Gasteiger partial charge in [-0.05, 0) is 12.8 Å². The van der Waals surface area contributed by atoms with Gasteiger partial charge >= 0.3 is 0 Å². The van der Waals surface area contributed by atoms with Crippen LogP contribution >= 0.6 is 0 Å². The van der Waals surface area contributed by atoms with Crippen LogP contribution in [0.2, 0.25) is 0 Å². The van der Waals surface area contributed by atoms with Crippen molar-refractivity contribution in [1.29, 1.82) is 0 Å². The van der Waals surface area contributed by atoms with E-state index in [9.17, 15) is 0 Å². The van der Waals surface area contributed by atoms with Crippen molar-refractivity contribution in [1.82, 2.24) is 9.97 Å². The predicted molar refractivity (Wildman–Crippen MR) is 61.1 cm³/mol. The molecule has 0 aliphatic carbocycles. The molecule has 0 saturated carbocycles. The SMILES string of the molecule is CCC(C)C(C)Nc1cc(OC)ncn1. The molecule has 4 nitrogen and oxygen atoms in total. The standard InChI is InChI=1S/C11H19N3O/c1-5-8(2)9(3)14-10-6-11(15-4)13-7-12-10/h6-9H,5H2,1-4H3,(H,12,13,14). The molecular weight excluding hydrogens is 190 g/mol. The molecule has 4 heteroatoms. The minimum absolute atomic E-state index is 0.398. The van der Waals surface area contributed by atoms with Crippen molar-refractivity contribution in [2.24, 2.45) is 5.92 Å². The van der Waals surface area contributed by atoms with E-state index in [4.69, 9.17) is 4.74 Å². The summed E-state index contributed by atoms with van der Waals surface area (Å²) < 4.78 is 5.03. The summed E-state index contributed by atoms with van der Waals surface area (Å²) in [5, 5.41) is 3.34. The van der Waals surface area contributed by atoms with Crippen molar-refractivity contribution in [3.05, 3.63) is 12.4 Å². The molecular formula is C11H19N3O. The second-order valence-corrected chi connectivity index (χ2v) is 3.76. The van der Waals surface area contributed by atoms with Gasteiger partial charge in [0.25, 0.3) is 0 Å². The summed E-state index contributed by atoms with van der Waals surface area (Å²) in [6.45, 7) is 6.56. The minimum atomic E-state index is 0.398. The monoisotopic (exact) mass is 209 g/mol. The maximum Gasteiger partial charge on any atom is 0.218 e. The highest BCUT2D eigenvalue weighted by molar-refractivity contribution is 5.37. The van der Waals surface area contributed by atoms with E-state index >= 15 is 0 Å². The van der Waals surface area contributed by atoms with E-state index in [0.29, 0.717) is 17.8 Å². The number of hydrogen-bond donors (Lipinski definition) is 1. The molecule has 1 N–H and O–H groups in total. The summed E-state index contributed by atoms with van der Waals surface area (Å²) in [7, 11) is 1.60. The van der Waals surface area contributed by atoms with Crippen LogP contribution in [0.4, 0.5) is 5.82 Å². The Balaban J connectivity index is 2.63. The van der Waals surface area contributed by atoms with Gasteiger partial charge in [0.2, 0.25) is 5.88 Å². The van der Waals surface area contributed by atoms with E-state index in [2.05, 4.69) is 36.1 Å². The average Bonchev–Trinajstić information content (AvgIpc) is 2.28. The summed E-state index contributed by atoms with van der Waals surface area (Å²) in [5.41, 5.74) is 0. The number of aromatic nitrogens is 2. The molecule has 0 aromatic carbocycles. The van der Waals surface area contributed by atoms with E-state index in [-0.39, 0.29) is 0 Å². The largest absolute Gasteiger partial charge is 0.481 e. The quantitative estimate of drug-likeness (QED) is 0.808. The first-order valence-electron chi connectivity index (χ1n) is 5.30. The van der Waals surface area contributed by atoms with Crippen molar-refractivity contribution >= 4 is 5.82 Å². The summed E-state index contributed by atoms with van der Waals surface area (Å²) >= 11 is 0. The minimum Gasteiger partial charge on any atom is -0.481 e. The van der Waals surface area contributed by atoms with Gasteiger partial charge in [0.15, 0.2) is 0 Å². The first kappa shape index (κ1) is 11.8. The molecule has 1 aromatic rings. The van der Waals surface area contributed by atoms with Crippen LogP contribution in [-0.4, -0.2) is 23.1 Å². The van der Waals surface area contributed by atoms with E-state index < -0.39 is 0 Å². The third kappa shape index (κ3) is 3.38. The molecule has 0 radical (unpaired) electrons. The summed E-state index contributed by atoms with van der Waals surface area (Å²) in [6, 6.07) is 2.20. The second kappa shape index (κ2) is 5.53. The zero-order valence-corrected chi connectivity index (χ0v) is 9.82. The molecule has 0 amide bonds. The number of nitrogens with zero attached hydrogens (tertiary/aromatic N) is 2. The van der Waals surface area contributed by atoms with Gasteiger partial charge in [-0.2, -0.15) is 0 Å². The Kier molecular flexibility index (Phi) is 4.34. The summed E-state index contributed by atoms with van der Waals surface area (Å²) in [5.74, 6) is 2.02. The molecule has 1 aromatic heterocycles. The third-order valence-electron chi connectivity index (χ3n) is 2.72. The molecule has 1 rings (SSSR count). The lowest BCUT2D eigenvalue weighted by Crippen LogP contribution is -2.23. The van der Waals surface area contributed by atoms with Crippen LogP contribution in [0, 0.1) is 5.92 Å². The molecule has 2 unspecified atom stereocenters. The average molecular weight is 209 g/mol. The lowest BCUT2D eigenvalue weighted by Gasteiger charge is -2.20. The van der Waals surface area contributed by atoms with Crippen LogP contribution in [-0.2, 0) is 0 Å². The Morgan fingerprint density at radius 1 is 1.40 bits per heavy atom. The lowest BCUT2D eigenvalue weighted by atomic mass is 10.0. The van der Waals surface area contributed by atoms with Crippen LogP contribution in [0.25, 0.3) is 0 Å². The predicted octanol–water partition coefficient (Wildman–Crippen LogP) is 2.33. The summed E-state index contributed by atoms with van der Waals surface area (Å²) in [4.78, 5) is 8.10. The van der Waals surface area contributed by atoms with Gasteiger partial charge in [0.05, 0.1) is 7.11 Å². The fourth-order valence-corrected chi connectivity index (χ4v) is 1.26. The van der Waals surface area contributed by atoms with Crippen LogP contribution in [0.15, 0.2) is 12.4 Å². The Morgan fingerprint density at radius 2 is 2.13 bits per heavy atom. The second-order valence-electron chi connectivity index (χ2n) is 3.76. The number of rotatable bonds is 5. The van der Waals surface area contributed by atoms with Crippen LogP contribution < -0.4 is 10.1 Å². The molecule has 0 aliphatic heterocycles. The van der Waals surface area contributed by atoms with E-state index in [0.717, 1.165) is 12.2 Å². The van der Waals surface area contributed by atoms with E-state index in [1.807, 2.05) is 0 Å². The molecule has 15 heavy (non-hydrogen) atoms. The zero-order valence-electron chi connectivity index (χ0n) is 9.82. The smallest absolute Gasteiger partial charge is 0.218 e. The lowest BCUT2D eigenvalue weighted by molar-refractivity contribution is 0.397. The first-order chi connectivity index (χ1) is 7.17. The maximum atomic E-state index is 5.03. The zero-order chi connectivity index (χ0) is 11.3. The fourth-order valence-electron chi connectivity index (χ4n) is 1.26. The highest BCUT2D eigenvalue weighted by Crippen LogP contribution is 2.15. The Labute approximate surface area is 91.1 Å². The van der Waals surface area contributed by atoms with Gasteiger partial charge in [-0.25, -0.2) is 9.97 Å². The van der Waals surface area contributed by atoms with Crippen molar-refractivity contribution in [3.63, 3.8) is 0 Å². The molecule has 84 valence electrons. The normalized spacial score (nSPS) is 14.4. The van der Waals surface area contributed by atoms with Crippen LogP contribution in [0.5, 0.6) is 5.88 Å². The molecule has 0 aliphatic rings. The molecule has 1 heterocycles. The Hall–Kier alpha value is -1.32. The highest BCUT2D eigenvalue weighted by atomic mass is 16.5. The topological polar surface area (TPSA) is 47.0 Å². The number of anilines is 1. The van der Waals surface area contributed by atoms with Gasteiger partial charge in [-0.3, -0.25) is 0 Å². The molecule has 0 spiro atoms. The van der Waals surface area contributed by atoms with Crippen molar-refractivity contribution in [2.75, 3.05) is 12.4 Å². The van der Waals surface area contributed by atoms with Gasteiger partial charge in [-0.1, -0.05) is 20.3 Å². The highest BCUT2D eigenvalue weighted by Gasteiger charge is 2.10. The number of methoxy groups -OCH3 is 1. The van der Waals surface area contributed by atoms with Crippen molar-refractivity contribution in [2.45, 2.75) is 33.2 Å². The van der Waals surface area contributed by atoms with Crippen LogP contribution in [0.3, 0.4) is 0 Å². The first-order valence-corrected chi connectivity index (χ1v) is 5.30. The molecule has 0 saturated heterocycles. The van der Waals surface area contributed by atoms with Crippen LogP contribution in [0.1, 0.15) is 27.2 Å². The number of hydrogen-bond acceptors (Lipinski definition) is 4. The Bertz CT molecular complexity index is 304. The Morgan fingerprint density at radius 3 is 2.73 bits per heavy atom. The summed E-state index contributed by atoms with van der Waals surface area (Å²) in [6.07, 6.45) is 2.65. The van der Waals surface area contributed by atoms with Gasteiger partial charge in [0, 0.05) is 12.1 Å². The third-order valence-corrected chi connectivity index (χ3v) is 2.72. The molecule has 0 bridgehead atoms. The van der Waals surface area contributed by atoms with E-state index in [1.54, 1.807) is 13.2 Å². The molecule has 0 fully saturated rings. The fraction of sp³-hybridized carbons (Fsp3) is 0.636. The van der Waals surface area contributed by atoms with Crippen molar-refractivity contribution in [3.8, 4) is 5.88 Å². The van der Waals surface area contributed by atoms with Gasteiger partial charge in [-0.15, -0.1) is 0 Å². The maximum absolute atomic E-state index is 5.03. The van der Waals surface area contributed by atoms with Gasteiger partial charge < -0.3 is 10.1 Å². The van der Waals surface area contributed by atoms with Gasteiger partial charge in [0.1, 0.15) is 12.1 Å². The number of nitrogens with one attached hydrogen (secondary N) is 1.